The van der Waals surface area contributed by atoms with Crippen molar-refractivity contribution in [2.45, 2.75) is 32.3 Å². The van der Waals surface area contributed by atoms with Gasteiger partial charge < -0.3 is 4.74 Å². The van der Waals surface area contributed by atoms with E-state index >= 15 is 0 Å². The molecule has 0 amide bonds. The molecule has 0 N–H and O–H groups in total. The molecule has 1 aromatic rings. The molecule has 1 aromatic carbocycles. The highest BCUT2D eigenvalue weighted by Crippen LogP contribution is 2.42. The summed E-state index contributed by atoms with van der Waals surface area (Å²) >= 11 is 0. The minimum Gasteiger partial charge on any atom is -0.485 e. The van der Waals surface area contributed by atoms with Gasteiger partial charge in [-0.25, -0.2) is 4.39 Å². The van der Waals surface area contributed by atoms with Crippen molar-refractivity contribution in [3.63, 3.8) is 0 Å². The number of hydrogen-bond acceptors (Lipinski definition) is 3. The Hall–Kier alpha value is -2.33. The Morgan fingerprint density at radius 3 is 2.89 bits per heavy atom. The van der Waals surface area contributed by atoms with Crippen molar-refractivity contribution in [3.8, 4) is 17.9 Å². The number of ether oxygens (including phenoxy) is 1. The van der Waals surface area contributed by atoms with E-state index in [2.05, 4.69) is 6.07 Å². The third-order valence-electron chi connectivity index (χ3n) is 3.20. The zero-order chi connectivity index (χ0) is 14.0. The zero-order valence-corrected chi connectivity index (χ0v) is 10.8. The minimum atomic E-state index is -0.619. The van der Waals surface area contributed by atoms with E-state index in [9.17, 15) is 4.39 Å². The molecule has 1 unspecified atom stereocenters. The Bertz CT molecular complexity index is 637. The average Bonchev–Trinajstić information content (AvgIpc) is 2.64. The van der Waals surface area contributed by atoms with Gasteiger partial charge in [-0.1, -0.05) is 0 Å². The first kappa shape index (κ1) is 13.1. The summed E-state index contributed by atoms with van der Waals surface area (Å²) in [5, 5.41) is 17.5. The lowest BCUT2D eigenvalue weighted by Gasteiger charge is -2.21. The zero-order valence-electron chi connectivity index (χ0n) is 10.8. The molecule has 3 nitrogen and oxygen atoms in total. The second kappa shape index (κ2) is 4.74. The van der Waals surface area contributed by atoms with E-state index in [0.29, 0.717) is 23.3 Å². The number of rotatable bonds is 2. The van der Waals surface area contributed by atoms with Crippen LogP contribution in [0.2, 0.25) is 0 Å². The Balaban J connectivity index is 2.51. The van der Waals surface area contributed by atoms with Gasteiger partial charge in [0.15, 0.2) is 0 Å². The lowest BCUT2D eigenvalue weighted by molar-refractivity contribution is 0.121. The van der Waals surface area contributed by atoms with Gasteiger partial charge in [0, 0.05) is 23.6 Å². The van der Waals surface area contributed by atoms with E-state index < -0.39 is 5.60 Å². The standard InChI is InChI=1S/C15H13FN2O/c1-10(3-5-17)13-8-12(16)7-11-9-15(2,4-6-18)19-14(11)13/h3,7-8H,4,9H2,1-2H3/b10-3+. The summed E-state index contributed by atoms with van der Waals surface area (Å²) in [6, 6.07) is 6.81. The van der Waals surface area contributed by atoms with Crippen LogP contribution >= 0.6 is 0 Å². The van der Waals surface area contributed by atoms with Crippen molar-refractivity contribution < 1.29 is 9.13 Å². The highest BCUT2D eigenvalue weighted by Gasteiger charge is 2.36. The number of nitriles is 2. The Labute approximate surface area is 111 Å². The van der Waals surface area contributed by atoms with Crippen molar-refractivity contribution >= 4 is 5.57 Å². The van der Waals surface area contributed by atoms with Crippen molar-refractivity contribution in [1.29, 1.82) is 10.5 Å². The lowest BCUT2D eigenvalue weighted by atomic mass is 9.95. The summed E-state index contributed by atoms with van der Waals surface area (Å²) < 4.78 is 19.5. The maximum atomic E-state index is 13.6. The lowest BCUT2D eigenvalue weighted by Crippen LogP contribution is -2.29. The molecular formula is C15H13FN2O. The first-order chi connectivity index (χ1) is 8.99. The summed E-state index contributed by atoms with van der Waals surface area (Å²) in [5.41, 5.74) is 1.36. The Morgan fingerprint density at radius 1 is 1.53 bits per heavy atom. The number of halogens is 1. The SMILES string of the molecule is C/C(=C\C#N)c1cc(F)cc2c1OC(C)(CC#N)C2. The molecule has 0 aliphatic carbocycles. The fourth-order valence-electron chi connectivity index (χ4n) is 2.32. The first-order valence-corrected chi connectivity index (χ1v) is 5.94. The van der Waals surface area contributed by atoms with Crippen LogP contribution in [0.1, 0.15) is 31.4 Å². The number of fused-ring (bicyclic) bond motifs is 1. The van der Waals surface area contributed by atoms with Gasteiger partial charge in [0.25, 0.3) is 0 Å². The van der Waals surface area contributed by atoms with Gasteiger partial charge in [-0.15, -0.1) is 0 Å². The minimum absolute atomic E-state index is 0.240. The van der Waals surface area contributed by atoms with E-state index in [1.165, 1.54) is 18.2 Å². The summed E-state index contributed by atoms with van der Waals surface area (Å²) in [4.78, 5) is 0. The molecule has 1 aliphatic heterocycles. The molecule has 0 spiro atoms. The molecule has 0 saturated carbocycles. The normalized spacial score (nSPS) is 21.2. The molecule has 0 aromatic heterocycles. The molecule has 19 heavy (non-hydrogen) atoms. The molecule has 0 saturated heterocycles. The van der Waals surface area contributed by atoms with E-state index in [1.807, 2.05) is 13.0 Å². The highest BCUT2D eigenvalue weighted by molar-refractivity contribution is 5.73. The van der Waals surface area contributed by atoms with Crippen LogP contribution in [-0.2, 0) is 6.42 Å². The fourth-order valence-corrected chi connectivity index (χ4v) is 2.32. The predicted octanol–water partition coefficient (Wildman–Crippen LogP) is 3.36. The molecule has 4 heteroatoms. The van der Waals surface area contributed by atoms with E-state index in [4.69, 9.17) is 15.3 Å². The number of hydrogen-bond donors (Lipinski definition) is 0. The summed E-state index contributed by atoms with van der Waals surface area (Å²) in [5.74, 6) is 0.229. The highest BCUT2D eigenvalue weighted by atomic mass is 19.1. The van der Waals surface area contributed by atoms with E-state index in [0.717, 1.165) is 5.56 Å². The average molecular weight is 256 g/mol. The molecule has 2 rings (SSSR count). The van der Waals surface area contributed by atoms with Crippen LogP contribution in [0.4, 0.5) is 4.39 Å². The number of nitrogens with zero attached hydrogens (tertiary/aromatic N) is 2. The van der Waals surface area contributed by atoms with Crippen LogP contribution in [0.25, 0.3) is 5.57 Å². The Kier molecular flexibility index (Phi) is 3.27. The fraction of sp³-hybridized carbons (Fsp3) is 0.333. The maximum Gasteiger partial charge on any atom is 0.131 e. The number of allylic oxidation sites excluding steroid dienone is 2. The molecule has 96 valence electrons. The van der Waals surface area contributed by atoms with E-state index in [1.54, 1.807) is 6.92 Å². The van der Waals surface area contributed by atoms with Crippen LogP contribution in [-0.4, -0.2) is 5.60 Å². The largest absolute Gasteiger partial charge is 0.485 e. The molecule has 1 heterocycles. The molecule has 0 bridgehead atoms. The van der Waals surface area contributed by atoms with Crippen molar-refractivity contribution in [1.82, 2.24) is 0 Å². The smallest absolute Gasteiger partial charge is 0.131 e. The first-order valence-electron chi connectivity index (χ1n) is 5.94. The molecule has 1 atom stereocenters. The van der Waals surface area contributed by atoms with Gasteiger partial charge >= 0.3 is 0 Å². The number of benzene rings is 1. The van der Waals surface area contributed by atoms with Crippen molar-refractivity contribution in [3.05, 3.63) is 35.2 Å². The van der Waals surface area contributed by atoms with Crippen molar-refractivity contribution in [2.75, 3.05) is 0 Å². The van der Waals surface area contributed by atoms with E-state index in [-0.39, 0.29) is 12.2 Å². The van der Waals surface area contributed by atoms with Gasteiger partial charge in [0.1, 0.15) is 17.2 Å². The molecule has 0 radical (unpaired) electrons. The second-order valence-electron chi connectivity index (χ2n) is 4.96. The molecule has 0 fully saturated rings. The quantitative estimate of drug-likeness (QED) is 0.762. The van der Waals surface area contributed by atoms with Crippen LogP contribution in [0.5, 0.6) is 5.75 Å². The van der Waals surface area contributed by atoms with Crippen molar-refractivity contribution in [2.24, 2.45) is 0 Å². The van der Waals surface area contributed by atoms with Gasteiger partial charge in [0.05, 0.1) is 18.6 Å². The van der Waals surface area contributed by atoms with Crippen LogP contribution in [0.15, 0.2) is 18.2 Å². The predicted molar refractivity (Wildman–Crippen MR) is 68.6 cm³/mol. The maximum absolute atomic E-state index is 13.6. The molecular weight excluding hydrogens is 243 g/mol. The van der Waals surface area contributed by atoms with Crippen LogP contribution < -0.4 is 4.74 Å². The van der Waals surface area contributed by atoms with Gasteiger partial charge in [-0.05, 0) is 31.6 Å². The summed E-state index contributed by atoms with van der Waals surface area (Å²) in [6.07, 6.45) is 2.10. The van der Waals surface area contributed by atoms with Gasteiger partial charge in [-0.3, -0.25) is 0 Å². The summed E-state index contributed by atoms with van der Waals surface area (Å²) in [7, 11) is 0. The Morgan fingerprint density at radius 2 is 2.26 bits per heavy atom. The van der Waals surface area contributed by atoms with Crippen LogP contribution in [0.3, 0.4) is 0 Å². The molecule has 1 aliphatic rings. The summed E-state index contributed by atoms with van der Waals surface area (Å²) in [6.45, 7) is 3.57. The van der Waals surface area contributed by atoms with Crippen LogP contribution in [0, 0.1) is 28.5 Å². The second-order valence-corrected chi connectivity index (χ2v) is 4.96. The topological polar surface area (TPSA) is 56.8 Å². The monoisotopic (exact) mass is 256 g/mol. The van der Waals surface area contributed by atoms with Gasteiger partial charge in [-0.2, -0.15) is 10.5 Å². The van der Waals surface area contributed by atoms with Gasteiger partial charge in [0.2, 0.25) is 0 Å². The third kappa shape index (κ3) is 2.44. The third-order valence-corrected chi connectivity index (χ3v) is 3.20.